The van der Waals surface area contributed by atoms with E-state index in [1.807, 2.05) is 0 Å². The van der Waals surface area contributed by atoms with Gasteiger partial charge in [-0.1, -0.05) is 48.5 Å². The summed E-state index contributed by atoms with van der Waals surface area (Å²) >= 11 is 0. The summed E-state index contributed by atoms with van der Waals surface area (Å²) in [4.78, 5) is 57.8. The Morgan fingerprint density at radius 2 is 1.13 bits per heavy atom. The molecule has 0 fully saturated rings. The Labute approximate surface area is 404 Å². The van der Waals surface area contributed by atoms with E-state index in [4.69, 9.17) is 28.0 Å². The van der Waals surface area contributed by atoms with Crippen LogP contribution in [0.5, 0.6) is 17.2 Å². The quantitative estimate of drug-likeness (QED) is 0.0364. The van der Waals surface area contributed by atoms with E-state index in [1.165, 1.54) is 38.3 Å². The second-order valence-electron chi connectivity index (χ2n) is 18.5. The van der Waals surface area contributed by atoms with E-state index >= 15 is 4.57 Å². The molecule has 0 saturated heterocycles. The van der Waals surface area contributed by atoms with Crippen molar-refractivity contribution in [1.82, 2.24) is 26.0 Å². The SMILES string of the molecule is COc1ccc(S(=O)(=O)N[C@H](COC(C)(C)C)C(=O)N[C@@H](C)C(=O)NC(Cc2ccc(N=C(NC(=O)OC(C)(C)C)NC(=O)OC(C)(C)C)cc2)P(=O)(Oc2ccccc2)Oc2ccccc2)cc1. The van der Waals surface area contributed by atoms with Crippen LogP contribution >= 0.6 is 7.60 Å². The van der Waals surface area contributed by atoms with Gasteiger partial charge in [0.25, 0.3) is 0 Å². The van der Waals surface area contributed by atoms with Crippen LogP contribution in [0, 0.1) is 0 Å². The Morgan fingerprint density at radius 3 is 1.58 bits per heavy atom. The highest BCUT2D eigenvalue weighted by atomic mass is 32.2. The number of amides is 4. The zero-order valence-electron chi connectivity index (χ0n) is 40.6. The minimum Gasteiger partial charge on any atom is -0.497 e. The van der Waals surface area contributed by atoms with Crippen molar-refractivity contribution >= 4 is 53.3 Å². The van der Waals surface area contributed by atoms with Crippen molar-refractivity contribution in [2.45, 2.75) is 115 Å². The van der Waals surface area contributed by atoms with Crippen molar-refractivity contribution in [3.05, 3.63) is 115 Å². The predicted octanol–water partition coefficient (Wildman–Crippen LogP) is 7.73. The number of rotatable bonds is 18. The number of nitrogens with zero attached hydrogens (tertiary/aromatic N) is 1. The highest BCUT2D eigenvalue weighted by Gasteiger charge is 2.42. The number of nitrogens with one attached hydrogen (secondary N) is 5. The van der Waals surface area contributed by atoms with Gasteiger partial charge < -0.3 is 38.6 Å². The molecule has 0 bridgehead atoms. The third-order valence-electron chi connectivity index (χ3n) is 8.91. The number of hydrogen-bond acceptors (Lipinski definition) is 14. The molecule has 4 rings (SSSR count). The van der Waals surface area contributed by atoms with E-state index in [0.717, 1.165) is 0 Å². The third kappa shape index (κ3) is 19.2. The lowest BCUT2D eigenvalue weighted by Gasteiger charge is -2.30. The lowest BCUT2D eigenvalue weighted by atomic mass is 10.1. The second kappa shape index (κ2) is 23.7. The zero-order chi connectivity index (χ0) is 51.2. The molecule has 21 heteroatoms. The summed E-state index contributed by atoms with van der Waals surface area (Å²) in [6.45, 7) is 16.2. The van der Waals surface area contributed by atoms with Crippen molar-refractivity contribution in [2.24, 2.45) is 4.99 Å². The van der Waals surface area contributed by atoms with Gasteiger partial charge in [0.15, 0.2) is 5.78 Å². The Morgan fingerprint density at radius 1 is 0.638 bits per heavy atom. The first-order valence-corrected chi connectivity index (χ1v) is 24.9. The van der Waals surface area contributed by atoms with Gasteiger partial charge in [-0.25, -0.2) is 27.6 Å². The number of guanidine groups is 1. The molecule has 0 spiro atoms. The fourth-order valence-electron chi connectivity index (χ4n) is 5.77. The minimum atomic E-state index is -4.50. The fraction of sp³-hybridized carbons (Fsp3) is 0.396. The highest BCUT2D eigenvalue weighted by Crippen LogP contribution is 2.53. The molecule has 0 aliphatic rings. The number of ether oxygens (including phenoxy) is 4. The smallest absolute Gasteiger partial charge is 0.453 e. The molecule has 4 amide bonds. The molecular weight excluding hydrogens is 932 g/mol. The molecule has 0 aliphatic carbocycles. The van der Waals surface area contributed by atoms with Crippen molar-refractivity contribution < 1.29 is 60.2 Å². The summed E-state index contributed by atoms with van der Waals surface area (Å²) < 4.78 is 78.6. The molecule has 3 atom stereocenters. The number of hydrogen-bond donors (Lipinski definition) is 5. The molecule has 0 aromatic heterocycles. The monoisotopic (exact) mass is 994 g/mol. The predicted molar refractivity (Wildman–Crippen MR) is 260 cm³/mol. The molecule has 1 unspecified atom stereocenters. The van der Waals surface area contributed by atoms with Gasteiger partial charge in [-0.15, -0.1) is 0 Å². The van der Waals surface area contributed by atoms with E-state index in [-0.39, 0.29) is 34.5 Å². The molecular formula is C48H63N6O13PS. The summed E-state index contributed by atoms with van der Waals surface area (Å²) in [5, 5.41) is 10.2. The molecule has 4 aromatic carbocycles. The molecule has 0 heterocycles. The number of aliphatic imine (C=N–C) groups is 1. The number of carbonyl (C=O) groups is 4. The number of sulfonamides is 1. The van der Waals surface area contributed by atoms with E-state index in [1.54, 1.807) is 147 Å². The van der Waals surface area contributed by atoms with E-state index in [9.17, 15) is 27.6 Å². The molecule has 4 aromatic rings. The van der Waals surface area contributed by atoms with Crippen molar-refractivity contribution in [1.29, 1.82) is 0 Å². The highest BCUT2D eigenvalue weighted by molar-refractivity contribution is 7.89. The summed E-state index contributed by atoms with van der Waals surface area (Å²) in [6, 6.07) is 25.4. The van der Waals surface area contributed by atoms with Crippen LogP contribution in [0.1, 0.15) is 74.8 Å². The molecule has 0 radical (unpaired) electrons. The lowest BCUT2D eigenvalue weighted by molar-refractivity contribution is -0.131. The summed E-state index contributed by atoms with van der Waals surface area (Å²) in [5.74, 6) is -2.72. The molecule has 5 N–H and O–H groups in total. The maximum absolute atomic E-state index is 15.3. The van der Waals surface area contributed by atoms with Crippen LogP contribution in [0.4, 0.5) is 15.3 Å². The van der Waals surface area contributed by atoms with Gasteiger partial charge in [-0.2, -0.15) is 4.72 Å². The van der Waals surface area contributed by atoms with Crippen LogP contribution in [0.15, 0.2) is 119 Å². The first-order chi connectivity index (χ1) is 32.1. The fourth-order valence-corrected chi connectivity index (χ4v) is 8.79. The van der Waals surface area contributed by atoms with E-state index < -0.39 is 82.9 Å². The third-order valence-corrected chi connectivity index (χ3v) is 12.4. The van der Waals surface area contributed by atoms with Gasteiger partial charge in [-0.05, 0) is 135 Å². The van der Waals surface area contributed by atoms with Gasteiger partial charge in [0.05, 0.1) is 29.9 Å². The average molecular weight is 995 g/mol. The normalized spacial score (nSPS) is 13.3. The second-order valence-corrected chi connectivity index (χ2v) is 22.2. The van der Waals surface area contributed by atoms with Gasteiger partial charge >= 0.3 is 19.8 Å². The Hall–Kier alpha value is -6.47. The van der Waals surface area contributed by atoms with Crippen LogP contribution in [0.25, 0.3) is 0 Å². The van der Waals surface area contributed by atoms with Crippen molar-refractivity contribution in [3.63, 3.8) is 0 Å². The lowest BCUT2D eigenvalue weighted by Crippen LogP contribution is -2.55. The van der Waals surface area contributed by atoms with Crippen LogP contribution in [-0.4, -0.2) is 86.8 Å². The first-order valence-electron chi connectivity index (χ1n) is 21.8. The van der Waals surface area contributed by atoms with Crippen LogP contribution in [0.2, 0.25) is 0 Å². The van der Waals surface area contributed by atoms with Crippen LogP contribution in [-0.2, 0) is 44.8 Å². The minimum absolute atomic E-state index is 0.145. The Balaban J connectivity index is 1.68. The molecule has 0 aliphatic heterocycles. The summed E-state index contributed by atoms with van der Waals surface area (Å²) in [5.41, 5.74) is -1.78. The van der Waals surface area contributed by atoms with Gasteiger partial charge in [0.1, 0.15) is 40.5 Å². The number of alkyl carbamates (subject to hydrolysis) is 2. The number of benzene rings is 4. The van der Waals surface area contributed by atoms with Crippen LogP contribution in [0.3, 0.4) is 0 Å². The topological polar surface area (TPSA) is 247 Å². The summed E-state index contributed by atoms with van der Waals surface area (Å²) in [7, 11) is -7.36. The average Bonchev–Trinajstić information content (AvgIpc) is 3.24. The van der Waals surface area contributed by atoms with Gasteiger partial charge in [0.2, 0.25) is 27.8 Å². The maximum atomic E-state index is 15.3. The molecule has 19 nitrogen and oxygen atoms in total. The molecule has 374 valence electrons. The number of carbonyl (C=O) groups excluding carboxylic acids is 4. The first kappa shape index (κ1) is 55.1. The Kier molecular flexibility index (Phi) is 18.9. The maximum Gasteiger partial charge on any atom is 0.453 e. The largest absolute Gasteiger partial charge is 0.497 e. The van der Waals surface area contributed by atoms with Crippen molar-refractivity contribution in [2.75, 3.05) is 13.7 Å². The Bertz CT molecular complexity index is 2470. The standard InChI is InChI=1S/C48H63N6O13PS/c1-32(49-42(56)39(31-63-46(2,3)4)54-69(60,61)38-28-26-35(62-11)27-29-38)41(55)51-40(68(59,66-36-18-14-12-15-19-36)67-37-20-16-13-17-21-37)30-33-22-24-34(25-23-33)50-43(52-44(57)64-47(5,6)7)53-45(58)65-48(8,9)10/h12-29,32,39-40,54H,30-31H2,1-11H3,(H,49,56)(H,51,55)(H2,50,52,53,57,58)/t32-,39+,40?/m0/s1. The number of para-hydroxylation sites is 2. The summed E-state index contributed by atoms with van der Waals surface area (Å²) in [6.07, 6.45) is -1.97. The zero-order valence-corrected chi connectivity index (χ0v) is 42.4. The van der Waals surface area contributed by atoms with Gasteiger partial charge in [0, 0.05) is 6.42 Å². The molecule has 69 heavy (non-hydrogen) atoms. The van der Waals surface area contributed by atoms with E-state index in [2.05, 4.69) is 31.0 Å². The number of methoxy groups -OCH3 is 1. The van der Waals surface area contributed by atoms with E-state index in [0.29, 0.717) is 11.3 Å². The molecule has 0 saturated carbocycles. The van der Waals surface area contributed by atoms with Crippen molar-refractivity contribution in [3.8, 4) is 17.2 Å². The van der Waals surface area contributed by atoms with Gasteiger partial charge in [-0.3, -0.25) is 20.2 Å². The van der Waals surface area contributed by atoms with Crippen LogP contribution < -0.4 is 39.8 Å².